The molecule has 20 heavy (non-hydrogen) atoms. The molecule has 0 saturated heterocycles. The van der Waals surface area contributed by atoms with Crippen molar-refractivity contribution in [3.05, 3.63) is 66.1 Å². The van der Waals surface area contributed by atoms with Crippen LogP contribution in [0, 0.1) is 0 Å². The van der Waals surface area contributed by atoms with Crippen LogP contribution in [-0.2, 0) is 5.75 Å². The molecule has 0 aliphatic carbocycles. The lowest BCUT2D eigenvalue weighted by Gasteiger charge is -2.01. The lowest BCUT2D eigenvalue weighted by Crippen LogP contribution is -1.91. The van der Waals surface area contributed by atoms with E-state index >= 15 is 0 Å². The van der Waals surface area contributed by atoms with Gasteiger partial charge < -0.3 is 4.40 Å². The molecular formula is C16H14N2OS. The van der Waals surface area contributed by atoms with E-state index in [1.54, 1.807) is 18.7 Å². The number of carbonyl (C=O) groups excluding carboxylic acids is 1. The molecule has 0 spiro atoms. The fourth-order valence-electron chi connectivity index (χ4n) is 2.02. The molecular weight excluding hydrogens is 268 g/mol. The predicted octanol–water partition coefficient (Wildman–Crippen LogP) is 3.83. The maximum absolute atomic E-state index is 11.4. The molecule has 0 fully saturated rings. The molecule has 3 rings (SSSR count). The largest absolute Gasteiger partial charge is 0.307 e. The Kier molecular flexibility index (Phi) is 3.56. The Morgan fingerprint density at radius 1 is 1.25 bits per heavy atom. The van der Waals surface area contributed by atoms with Crippen molar-refractivity contribution < 1.29 is 4.79 Å². The molecule has 0 amide bonds. The minimum absolute atomic E-state index is 0.0974. The molecule has 0 atom stereocenters. The first-order valence-corrected chi connectivity index (χ1v) is 7.37. The summed E-state index contributed by atoms with van der Waals surface area (Å²) in [6.45, 7) is 1.59. The van der Waals surface area contributed by atoms with Crippen molar-refractivity contribution in [2.24, 2.45) is 0 Å². The Labute approximate surface area is 121 Å². The number of hydrogen-bond acceptors (Lipinski definition) is 3. The summed E-state index contributed by atoms with van der Waals surface area (Å²) in [6, 6.07) is 13.7. The van der Waals surface area contributed by atoms with Crippen molar-refractivity contribution in [1.82, 2.24) is 9.38 Å². The van der Waals surface area contributed by atoms with Gasteiger partial charge in [0.25, 0.3) is 0 Å². The molecule has 0 aliphatic heterocycles. The van der Waals surface area contributed by atoms with Gasteiger partial charge in [-0.05, 0) is 31.2 Å². The van der Waals surface area contributed by atoms with Crippen LogP contribution in [0.3, 0.4) is 0 Å². The number of Topliss-reactive ketones (excluding diaryl/α,β-unsaturated/α-hetero) is 1. The van der Waals surface area contributed by atoms with Crippen molar-refractivity contribution in [2.45, 2.75) is 17.6 Å². The molecule has 3 aromatic rings. The summed E-state index contributed by atoms with van der Waals surface area (Å²) in [7, 11) is 0. The average molecular weight is 282 g/mol. The topological polar surface area (TPSA) is 34.4 Å². The van der Waals surface area contributed by atoms with E-state index in [0.29, 0.717) is 0 Å². The number of rotatable bonds is 4. The van der Waals surface area contributed by atoms with E-state index in [1.165, 1.54) is 0 Å². The quantitative estimate of drug-likeness (QED) is 0.539. The van der Waals surface area contributed by atoms with Crippen LogP contribution < -0.4 is 0 Å². The highest BCUT2D eigenvalue weighted by Gasteiger charge is 2.04. The third-order valence-electron chi connectivity index (χ3n) is 3.04. The second kappa shape index (κ2) is 5.51. The number of ketones is 1. The van der Waals surface area contributed by atoms with E-state index in [2.05, 4.69) is 4.98 Å². The van der Waals surface area contributed by atoms with Gasteiger partial charge in [-0.1, -0.05) is 18.2 Å². The first-order chi connectivity index (χ1) is 9.72. The third kappa shape index (κ3) is 2.75. The summed E-state index contributed by atoms with van der Waals surface area (Å²) >= 11 is 1.69. The lowest BCUT2D eigenvalue weighted by atomic mass is 10.2. The molecule has 0 unspecified atom stereocenters. The zero-order valence-electron chi connectivity index (χ0n) is 11.1. The summed E-state index contributed by atoms with van der Waals surface area (Å²) in [5, 5.41) is 0. The third-order valence-corrected chi connectivity index (χ3v) is 4.07. The number of aromatic nitrogens is 2. The van der Waals surface area contributed by atoms with E-state index in [1.807, 2.05) is 59.3 Å². The molecule has 0 saturated carbocycles. The molecule has 2 heterocycles. The fourth-order valence-corrected chi connectivity index (χ4v) is 2.86. The minimum atomic E-state index is 0.0974. The van der Waals surface area contributed by atoms with E-state index in [4.69, 9.17) is 0 Å². The Balaban J connectivity index is 1.75. The minimum Gasteiger partial charge on any atom is -0.307 e. The van der Waals surface area contributed by atoms with Crippen molar-refractivity contribution >= 4 is 23.2 Å². The number of nitrogens with zero attached hydrogens (tertiary/aromatic N) is 2. The smallest absolute Gasteiger partial charge is 0.159 e. The maximum Gasteiger partial charge on any atom is 0.159 e. The van der Waals surface area contributed by atoms with Gasteiger partial charge in [-0.25, -0.2) is 4.98 Å². The van der Waals surface area contributed by atoms with E-state index in [-0.39, 0.29) is 5.78 Å². The Bertz CT molecular complexity index is 731. The van der Waals surface area contributed by atoms with Crippen LogP contribution in [-0.4, -0.2) is 15.2 Å². The summed E-state index contributed by atoms with van der Waals surface area (Å²) in [4.78, 5) is 17.0. The van der Waals surface area contributed by atoms with Crippen molar-refractivity contribution in [2.75, 3.05) is 0 Å². The van der Waals surface area contributed by atoms with Crippen LogP contribution in [0.5, 0.6) is 0 Å². The Hall–Kier alpha value is -2.07. The van der Waals surface area contributed by atoms with Gasteiger partial charge in [0, 0.05) is 28.6 Å². The first-order valence-electron chi connectivity index (χ1n) is 6.39. The van der Waals surface area contributed by atoms with Gasteiger partial charge in [-0.15, -0.1) is 11.8 Å². The SMILES string of the molecule is CC(=O)c1cccc(SCc2cn3ccccc3n2)c1. The highest BCUT2D eigenvalue weighted by molar-refractivity contribution is 7.98. The summed E-state index contributed by atoms with van der Waals surface area (Å²) < 4.78 is 2.02. The molecule has 0 N–H and O–H groups in total. The van der Waals surface area contributed by atoms with Gasteiger partial charge in [0.15, 0.2) is 5.78 Å². The number of carbonyl (C=O) groups is 1. The zero-order valence-corrected chi connectivity index (χ0v) is 11.9. The molecule has 0 bridgehead atoms. The van der Waals surface area contributed by atoms with Crippen molar-refractivity contribution in [3.8, 4) is 0 Å². The van der Waals surface area contributed by atoms with E-state index < -0.39 is 0 Å². The molecule has 100 valence electrons. The first kappa shape index (κ1) is 12.9. The standard InChI is InChI=1S/C16H14N2OS/c1-12(19)13-5-4-6-15(9-13)20-11-14-10-18-8-3-2-7-16(18)17-14/h2-10H,11H2,1H3. The van der Waals surface area contributed by atoms with Crippen molar-refractivity contribution in [1.29, 1.82) is 0 Å². The van der Waals surface area contributed by atoms with Crippen LogP contribution >= 0.6 is 11.8 Å². The Morgan fingerprint density at radius 2 is 2.15 bits per heavy atom. The predicted molar refractivity (Wildman–Crippen MR) is 81.2 cm³/mol. The highest BCUT2D eigenvalue weighted by atomic mass is 32.2. The monoisotopic (exact) mass is 282 g/mol. The zero-order chi connectivity index (χ0) is 13.9. The second-order valence-corrected chi connectivity index (χ2v) is 5.62. The summed E-state index contributed by atoms with van der Waals surface area (Å²) in [5.41, 5.74) is 2.75. The molecule has 0 aliphatic rings. The number of benzene rings is 1. The molecule has 3 nitrogen and oxygen atoms in total. The number of fused-ring (bicyclic) bond motifs is 1. The van der Waals surface area contributed by atoms with E-state index in [9.17, 15) is 4.79 Å². The lowest BCUT2D eigenvalue weighted by molar-refractivity contribution is 0.101. The maximum atomic E-state index is 11.4. The van der Waals surface area contributed by atoms with Crippen LogP contribution in [0.1, 0.15) is 23.0 Å². The normalized spacial score (nSPS) is 10.8. The fraction of sp³-hybridized carbons (Fsp3) is 0.125. The number of thioether (sulfide) groups is 1. The van der Waals surface area contributed by atoms with Crippen molar-refractivity contribution in [3.63, 3.8) is 0 Å². The summed E-state index contributed by atoms with van der Waals surface area (Å²) in [6.07, 6.45) is 4.03. The van der Waals surface area contributed by atoms with Crippen LogP contribution in [0.4, 0.5) is 0 Å². The van der Waals surface area contributed by atoms with Gasteiger partial charge in [-0.3, -0.25) is 4.79 Å². The van der Waals surface area contributed by atoms with Crippen LogP contribution in [0.25, 0.3) is 5.65 Å². The van der Waals surface area contributed by atoms with Gasteiger partial charge in [0.2, 0.25) is 0 Å². The second-order valence-electron chi connectivity index (χ2n) is 4.57. The van der Waals surface area contributed by atoms with Crippen LogP contribution in [0.15, 0.2) is 59.8 Å². The number of imidazole rings is 1. The molecule has 1 aromatic carbocycles. The average Bonchev–Trinajstić information content (AvgIpc) is 2.88. The highest BCUT2D eigenvalue weighted by Crippen LogP contribution is 2.23. The van der Waals surface area contributed by atoms with E-state index in [0.717, 1.165) is 27.6 Å². The number of hydrogen-bond donors (Lipinski definition) is 0. The number of pyridine rings is 1. The van der Waals surface area contributed by atoms with Crippen LogP contribution in [0.2, 0.25) is 0 Å². The Morgan fingerprint density at radius 3 is 2.95 bits per heavy atom. The van der Waals surface area contributed by atoms with Gasteiger partial charge in [-0.2, -0.15) is 0 Å². The molecule has 0 radical (unpaired) electrons. The van der Waals surface area contributed by atoms with Gasteiger partial charge in [0.05, 0.1) is 5.69 Å². The van der Waals surface area contributed by atoms with Gasteiger partial charge in [0.1, 0.15) is 5.65 Å². The molecule has 2 aromatic heterocycles. The summed E-state index contributed by atoms with van der Waals surface area (Å²) in [5.74, 6) is 0.892. The molecule has 4 heteroatoms. The van der Waals surface area contributed by atoms with Gasteiger partial charge >= 0.3 is 0 Å².